The average molecular weight is 405 g/mol. The third-order valence-corrected chi connectivity index (χ3v) is 5.05. The number of morpholine rings is 1. The van der Waals surface area contributed by atoms with E-state index in [-0.39, 0.29) is 36.9 Å². The van der Waals surface area contributed by atoms with E-state index in [4.69, 9.17) is 14.6 Å². The van der Waals surface area contributed by atoms with E-state index in [1.165, 1.54) is 12.0 Å². The summed E-state index contributed by atoms with van der Waals surface area (Å²) in [5.41, 5.74) is 1.75. The third kappa shape index (κ3) is 5.13. The number of nitrogens with zero attached hydrogens (tertiary/aromatic N) is 2. The van der Waals surface area contributed by atoms with Crippen molar-refractivity contribution < 1.29 is 29.3 Å². The Kier molecular flexibility index (Phi) is 7.21. The molecule has 2 heterocycles. The molecule has 0 aliphatic carbocycles. The molecule has 1 aromatic rings. The van der Waals surface area contributed by atoms with Crippen molar-refractivity contribution in [2.24, 2.45) is 0 Å². The number of methoxy groups -OCH3 is 1. The van der Waals surface area contributed by atoms with Crippen LogP contribution in [0.25, 0.3) is 0 Å². The lowest BCUT2D eigenvalue weighted by Crippen LogP contribution is -2.38. The topological polar surface area (TPSA) is 112 Å². The van der Waals surface area contributed by atoms with Gasteiger partial charge in [-0.15, -0.1) is 0 Å². The lowest BCUT2D eigenvalue weighted by molar-refractivity contribution is -0.136. The Balaban J connectivity index is 1.68. The van der Waals surface area contributed by atoms with Crippen molar-refractivity contribution in [1.82, 2.24) is 9.80 Å². The molecule has 0 radical (unpaired) electrons. The molecule has 158 valence electrons. The number of anilines is 1. The average Bonchev–Trinajstić information content (AvgIpc) is 3.04. The molecule has 1 aromatic carbocycles. The third-order valence-electron chi connectivity index (χ3n) is 5.05. The Morgan fingerprint density at radius 2 is 1.97 bits per heavy atom. The largest absolute Gasteiger partial charge is 0.466 e. The minimum absolute atomic E-state index is 0.0880. The van der Waals surface area contributed by atoms with Crippen LogP contribution in [0.5, 0.6) is 0 Å². The van der Waals surface area contributed by atoms with E-state index < -0.39 is 12.1 Å². The van der Waals surface area contributed by atoms with Crippen LogP contribution < -0.4 is 5.32 Å². The van der Waals surface area contributed by atoms with Gasteiger partial charge in [-0.25, -0.2) is 4.79 Å². The second kappa shape index (κ2) is 9.84. The van der Waals surface area contributed by atoms with E-state index in [2.05, 4.69) is 10.2 Å². The number of aliphatic hydroxyl groups excluding tert-OH is 2. The molecule has 0 saturated carbocycles. The van der Waals surface area contributed by atoms with Crippen molar-refractivity contribution in [3.63, 3.8) is 0 Å². The Morgan fingerprint density at radius 1 is 1.28 bits per heavy atom. The molecule has 1 fully saturated rings. The molecule has 9 heteroatoms. The number of hydrogen-bond acceptors (Lipinski definition) is 8. The molecular formula is C20H27N3O6. The van der Waals surface area contributed by atoms with Gasteiger partial charge in [0.1, 0.15) is 5.70 Å². The highest BCUT2D eigenvalue weighted by molar-refractivity contribution is 6.08. The van der Waals surface area contributed by atoms with E-state index in [9.17, 15) is 14.7 Å². The smallest absolute Gasteiger partial charge is 0.337 e. The van der Waals surface area contributed by atoms with Gasteiger partial charge in [0.15, 0.2) is 0 Å². The first-order valence-corrected chi connectivity index (χ1v) is 9.60. The lowest BCUT2D eigenvalue weighted by atomic mass is 10.1. The number of carbonyl (C=O) groups is 2. The molecule has 1 saturated heterocycles. The van der Waals surface area contributed by atoms with E-state index in [1.807, 2.05) is 0 Å². The standard InChI is InChI=1S/C20H27N3O6/c1-28-20(27)16-12-23(6-9-24)19(26)18(16)21-15-4-2-14(3-5-15)17(25)13-22-7-10-29-11-8-22/h2-5,17,21,24-25H,6-13H2,1H3. The second-order valence-corrected chi connectivity index (χ2v) is 6.97. The molecule has 29 heavy (non-hydrogen) atoms. The number of β-amino-alcohol motifs (C(OH)–C–C–N with tert-alkyl or cyclic N) is 2. The van der Waals surface area contributed by atoms with Crippen LogP contribution in [0.2, 0.25) is 0 Å². The van der Waals surface area contributed by atoms with Crippen molar-refractivity contribution in [3.05, 3.63) is 41.1 Å². The van der Waals surface area contributed by atoms with Gasteiger partial charge in [0, 0.05) is 31.9 Å². The maximum atomic E-state index is 12.6. The summed E-state index contributed by atoms with van der Waals surface area (Å²) in [5.74, 6) is -0.949. The summed E-state index contributed by atoms with van der Waals surface area (Å²) < 4.78 is 10.1. The first-order chi connectivity index (χ1) is 14.0. The van der Waals surface area contributed by atoms with Crippen LogP contribution in [0, 0.1) is 0 Å². The van der Waals surface area contributed by atoms with Crippen LogP contribution in [0.1, 0.15) is 11.7 Å². The van der Waals surface area contributed by atoms with Crippen LogP contribution in [0.15, 0.2) is 35.5 Å². The summed E-state index contributed by atoms with van der Waals surface area (Å²) in [6.45, 7) is 3.51. The van der Waals surface area contributed by atoms with Gasteiger partial charge in [-0.05, 0) is 17.7 Å². The van der Waals surface area contributed by atoms with E-state index >= 15 is 0 Å². The fraction of sp³-hybridized carbons (Fsp3) is 0.500. The Hall–Kier alpha value is -2.46. The highest BCUT2D eigenvalue weighted by Crippen LogP contribution is 2.24. The molecule has 0 aromatic heterocycles. The molecular weight excluding hydrogens is 378 g/mol. The Morgan fingerprint density at radius 3 is 2.59 bits per heavy atom. The molecule has 2 aliphatic rings. The second-order valence-electron chi connectivity index (χ2n) is 6.97. The summed E-state index contributed by atoms with van der Waals surface area (Å²) in [5, 5.41) is 22.6. The first-order valence-electron chi connectivity index (χ1n) is 9.60. The predicted molar refractivity (Wildman–Crippen MR) is 105 cm³/mol. The van der Waals surface area contributed by atoms with Crippen LogP contribution in [0.4, 0.5) is 5.69 Å². The van der Waals surface area contributed by atoms with Crippen LogP contribution in [-0.2, 0) is 19.1 Å². The van der Waals surface area contributed by atoms with Crippen molar-refractivity contribution in [2.75, 3.05) is 65.0 Å². The molecule has 0 spiro atoms. The maximum Gasteiger partial charge on any atom is 0.337 e. The zero-order valence-corrected chi connectivity index (χ0v) is 16.5. The number of carbonyl (C=O) groups excluding carboxylic acids is 2. The number of hydrogen-bond donors (Lipinski definition) is 3. The molecule has 3 N–H and O–H groups in total. The van der Waals surface area contributed by atoms with Gasteiger partial charge in [-0.2, -0.15) is 0 Å². The highest BCUT2D eigenvalue weighted by Gasteiger charge is 2.34. The first kappa shape index (κ1) is 21.3. The zero-order chi connectivity index (χ0) is 20.8. The number of aliphatic hydroxyl groups is 2. The van der Waals surface area contributed by atoms with Gasteiger partial charge in [0.25, 0.3) is 5.91 Å². The van der Waals surface area contributed by atoms with Crippen LogP contribution >= 0.6 is 0 Å². The van der Waals surface area contributed by atoms with Gasteiger partial charge in [-0.3, -0.25) is 9.69 Å². The zero-order valence-electron chi connectivity index (χ0n) is 16.5. The van der Waals surface area contributed by atoms with Crippen LogP contribution in [-0.4, -0.2) is 91.5 Å². The van der Waals surface area contributed by atoms with E-state index in [0.29, 0.717) is 25.4 Å². The van der Waals surface area contributed by atoms with Gasteiger partial charge in [0.2, 0.25) is 0 Å². The quantitative estimate of drug-likeness (QED) is 0.507. The summed E-state index contributed by atoms with van der Waals surface area (Å²) in [6, 6.07) is 7.08. The summed E-state index contributed by atoms with van der Waals surface area (Å²) in [4.78, 5) is 28.1. The van der Waals surface area contributed by atoms with Gasteiger partial charge in [-0.1, -0.05) is 12.1 Å². The van der Waals surface area contributed by atoms with Gasteiger partial charge < -0.3 is 29.9 Å². The van der Waals surface area contributed by atoms with Crippen LogP contribution in [0.3, 0.4) is 0 Å². The molecule has 1 unspecified atom stereocenters. The van der Waals surface area contributed by atoms with Gasteiger partial charge >= 0.3 is 5.97 Å². The minimum atomic E-state index is -0.625. The number of benzene rings is 1. The van der Waals surface area contributed by atoms with Crippen molar-refractivity contribution >= 4 is 17.6 Å². The summed E-state index contributed by atoms with van der Waals surface area (Å²) >= 11 is 0. The Labute approximate surface area is 169 Å². The molecule has 1 amide bonds. The molecule has 0 bridgehead atoms. The number of rotatable bonds is 8. The SMILES string of the molecule is COC(=O)C1=C(Nc2ccc(C(O)CN3CCOCC3)cc2)C(=O)N(CCO)C1. The molecule has 3 rings (SSSR count). The van der Waals surface area contributed by atoms with Crippen molar-refractivity contribution in [2.45, 2.75) is 6.10 Å². The predicted octanol–water partition coefficient (Wildman–Crippen LogP) is -0.274. The number of nitrogens with one attached hydrogen (secondary N) is 1. The Bertz CT molecular complexity index is 758. The number of amides is 1. The van der Waals surface area contributed by atoms with E-state index in [0.717, 1.165) is 18.7 Å². The summed E-state index contributed by atoms with van der Waals surface area (Å²) in [6.07, 6.45) is -0.625. The minimum Gasteiger partial charge on any atom is -0.466 e. The molecule has 2 aliphatic heterocycles. The van der Waals surface area contributed by atoms with Gasteiger partial charge in [0.05, 0.1) is 45.2 Å². The molecule has 1 atom stereocenters. The molecule has 9 nitrogen and oxygen atoms in total. The number of esters is 1. The highest BCUT2D eigenvalue weighted by atomic mass is 16.5. The maximum absolute atomic E-state index is 12.6. The fourth-order valence-corrected chi connectivity index (χ4v) is 3.42. The monoisotopic (exact) mass is 405 g/mol. The lowest BCUT2D eigenvalue weighted by Gasteiger charge is -2.28. The fourth-order valence-electron chi connectivity index (χ4n) is 3.42. The van der Waals surface area contributed by atoms with Crippen molar-refractivity contribution in [1.29, 1.82) is 0 Å². The van der Waals surface area contributed by atoms with Crippen molar-refractivity contribution in [3.8, 4) is 0 Å². The summed E-state index contributed by atoms with van der Waals surface area (Å²) in [7, 11) is 1.26. The number of ether oxygens (including phenoxy) is 2. The van der Waals surface area contributed by atoms with E-state index in [1.54, 1.807) is 24.3 Å². The normalized spacial score (nSPS) is 18.9.